The van der Waals surface area contributed by atoms with Gasteiger partial charge in [-0.25, -0.2) is 4.98 Å². The highest BCUT2D eigenvalue weighted by Crippen LogP contribution is 2.29. The molecule has 1 aromatic heterocycles. The van der Waals surface area contributed by atoms with E-state index >= 15 is 0 Å². The topological polar surface area (TPSA) is 86.5 Å². The van der Waals surface area contributed by atoms with E-state index < -0.39 is 0 Å². The van der Waals surface area contributed by atoms with Crippen molar-refractivity contribution in [3.63, 3.8) is 0 Å². The van der Waals surface area contributed by atoms with Crippen LogP contribution in [0.5, 0.6) is 5.88 Å². The Balaban J connectivity index is 1.34. The van der Waals surface area contributed by atoms with Crippen LogP contribution in [0.1, 0.15) is 12.0 Å². The number of amides is 2. The van der Waals surface area contributed by atoms with E-state index in [2.05, 4.69) is 20.9 Å². The number of likely N-dealkylation sites (tertiary alicyclic amines) is 1. The Hall–Kier alpha value is -2.92. The van der Waals surface area contributed by atoms with Gasteiger partial charge in [-0.3, -0.25) is 9.59 Å². The molecule has 28 heavy (non-hydrogen) atoms. The molecule has 2 amide bonds. The first-order valence-corrected chi connectivity index (χ1v) is 9.71. The van der Waals surface area contributed by atoms with E-state index in [0.29, 0.717) is 31.1 Å². The number of aromatic nitrogens is 1. The van der Waals surface area contributed by atoms with Gasteiger partial charge in [-0.1, -0.05) is 22.0 Å². The van der Waals surface area contributed by atoms with Crippen LogP contribution in [-0.4, -0.2) is 47.4 Å². The second-order valence-corrected chi connectivity index (χ2v) is 7.75. The number of nitrogens with zero attached hydrogens (tertiary/aromatic N) is 4. The maximum absolute atomic E-state index is 12.8. The number of anilines is 1. The average Bonchev–Trinajstić information content (AvgIpc) is 3.06. The lowest BCUT2D eigenvalue weighted by atomic mass is 10.0. The SMILES string of the molecule is N#Cc1cccnc1OC1CN(C(=O)C2CC(=O)N(c3cccc(Br)c3)C2)C1. The maximum Gasteiger partial charge on any atom is 0.232 e. The van der Waals surface area contributed by atoms with E-state index in [-0.39, 0.29) is 30.3 Å². The van der Waals surface area contributed by atoms with Crippen LogP contribution in [0, 0.1) is 17.2 Å². The minimum Gasteiger partial charge on any atom is -0.470 e. The largest absolute Gasteiger partial charge is 0.470 e. The van der Waals surface area contributed by atoms with Crippen molar-refractivity contribution in [1.82, 2.24) is 9.88 Å². The van der Waals surface area contributed by atoms with Gasteiger partial charge in [0.05, 0.1) is 19.0 Å². The fourth-order valence-corrected chi connectivity index (χ4v) is 3.83. The fourth-order valence-electron chi connectivity index (χ4n) is 3.45. The molecule has 2 aromatic rings. The number of halogens is 1. The molecule has 1 unspecified atom stereocenters. The van der Waals surface area contributed by atoms with Crippen molar-refractivity contribution in [2.45, 2.75) is 12.5 Å². The van der Waals surface area contributed by atoms with Gasteiger partial charge in [0.2, 0.25) is 17.7 Å². The quantitative estimate of drug-likeness (QED) is 0.727. The van der Waals surface area contributed by atoms with Crippen LogP contribution in [0.2, 0.25) is 0 Å². The normalized spacial score (nSPS) is 19.3. The minimum atomic E-state index is -0.350. The summed E-state index contributed by atoms with van der Waals surface area (Å²) in [7, 11) is 0. The second kappa shape index (κ2) is 7.60. The molecule has 1 aromatic carbocycles. The molecule has 3 heterocycles. The summed E-state index contributed by atoms with van der Waals surface area (Å²) in [6.45, 7) is 1.25. The third kappa shape index (κ3) is 3.58. The van der Waals surface area contributed by atoms with Gasteiger partial charge in [0.1, 0.15) is 17.7 Å². The van der Waals surface area contributed by atoms with Gasteiger partial charge in [-0.2, -0.15) is 5.26 Å². The Morgan fingerprint density at radius 1 is 1.25 bits per heavy atom. The average molecular weight is 441 g/mol. The first-order chi connectivity index (χ1) is 13.5. The molecule has 7 nitrogen and oxygen atoms in total. The highest BCUT2D eigenvalue weighted by Gasteiger charge is 2.41. The number of benzene rings is 1. The van der Waals surface area contributed by atoms with Crippen molar-refractivity contribution in [3.05, 3.63) is 52.6 Å². The number of carbonyl (C=O) groups excluding carboxylic acids is 2. The summed E-state index contributed by atoms with van der Waals surface area (Å²) in [4.78, 5) is 32.6. The van der Waals surface area contributed by atoms with Crippen LogP contribution < -0.4 is 9.64 Å². The lowest BCUT2D eigenvalue weighted by molar-refractivity contribution is -0.144. The standard InChI is InChI=1S/C20H17BrN4O3/c21-15-4-1-5-16(8-15)25-10-14(7-18(25)26)20(27)24-11-17(12-24)28-19-13(9-22)3-2-6-23-19/h1-6,8,14,17H,7,10-12H2. The van der Waals surface area contributed by atoms with Crippen molar-refractivity contribution in [2.75, 3.05) is 24.5 Å². The van der Waals surface area contributed by atoms with E-state index in [4.69, 9.17) is 10.00 Å². The number of ether oxygens (including phenoxy) is 1. The summed E-state index contributed by atoms with van der Waals surface area (Å²) < 4.78 is 6.62. The molecule has 0 saturated carbocycles. The number of hydrogen-bond acceptors (Lipinski definition) is 5. The lowest BCUT2D eigenvalue weighted by Crippen LogP contribution is -2.58. The number of pyridine rings is 1. The zero-order valence-electron chi connectivity index (χ0n) is 14.9. The van der Waals surface area contributed by atoms with Gasteiger partial charge in [-0.05, 0) is 30.3 Å². The zero-order valence-corrected chi connectivity index (χ0v) is 16.5. The predicted octanol–water partition coefficient (Wildman–Crippen LogP) is 2.36. The molecular weight excluding hydrogens is 424 g/mol. The van der Waals surface area contributed by atoms with Crippen molar-refractivity contribution in [2.24, 2.45) is 5.92 Å². The Morgan fingerprint density at radius 2 is 2.07 bits per heavy atom. The first-order valence-electron chi connectivity index (χ1n) is 8.91. The fraction of sp³-hybridized carbons (Fsp3) is 0.300. The Morgan fingerprint density at radius 3 is 2.82 bits per heavy atom. The molecule has 4 rings (SSSR count). The number of nitriles is 1. The van der Waals surface area contributed by atoms with E-state index in [9.17, 15) is 9.59 Å². The van der Waals surface area contributed by atoms with Crippen LogP contribution >= 0.6 is 15.9 Å². The monoisotopic (exact) mass is 440 g/mol. The van der Waals surface area contributed by atoms with Crippen LogP contribution in [0.15, 0.2) is 47.1 Å². The molecule has 0 N–H and O–H groups in total. The van der Waals surface area contributed by atoms with Crippen molar-refractivity contribution >= 4 is 33.4 Å². The molecule has 2 saturated heterocycles. The highest BCUT2D eigenvalue weighted by molar-refractivity contribution is 9.10. The minimum absolute atomic E-state index is 0.0350. The second-order valence-electron chi connectivity index (χ2n) is 6.84. The number of rotatable bonds is 4. The maximum atomic E-state index is 12.8. The highest BCUT2D eigenvalue weighted by atomic mass is 79.9. The molecular formula is C20H17BrN4O3. The molecule has 0 radical (unpaired) electrons. The van der Waals surface area contributed by atoms with Crippen LogP contribution in [0.3, 0.4) is 0 Å². The Labute approximate surface area is 170 Å². The van der Waals surface area contributed by atoms with Crippen molar-refractivity contribution < 1.29 is 14.3 Å². The number of hydrogen-bond donors (Lipinski definition) is 0. The van der Waals surface area contributed by atoms with Crippen molar-refractivity contribution in [3.8, 4) is 11.9 Å². The van der Waals surface area contributed by atoms with Crippen LogP contribution in [0.25, 0.3) is 0 Å². The van der Waals surface area contributed by atoms with E-state index in [1.165, 1.54) is 0 Å². The molecule has 0 aliphatic carbocycles. The molecule has 2 fully saturated rings. The van der Waals surface area contributed by atoms with Crippen LogP contribution in [-0.2, 0) is 9.59 Å². The Kier molecular flexibility index (Phi) is 5.01. The lowest BCUT2D eigenvalue weighted by Gasteiger charge is -2.39. The van der Waals surface area contributed by atoms with Gasteiger partial charge in [0.15, 0.2) is 0 Å². The summed E-state index contributed by atoms with van der Waals surface area (Å²) in [5.41, 5.74) is 1.16. The van der Waals surface area contributed by atoms with Crippen LogP contribution in [0.4, 0.5) is 5.69 Å². The molecule has 0 spiro atoms. The predicted molar refractivity (Wildman–Crippen MR) is 105 cm³/mol. The molecule has 8 heteroatoms. The Bertz CT molecular complexity index is 968. The zero-order chi connectivity index (χ0) is 19.7. The summed E-state index contributed by atoms with van der Waals surface area (Å²) in [6.07, 6.45) is 1.59. The van der Waals surface area contributed by atoms with Gasteiger partial charge in [0, 0.05) is 29.3 Å². The van der Waals surface area contributed by atoms with Gasteiger partial charge in [-0.15, -0.1) is 0 Å². The van der Waals surface area contributed by atoms with E-state index in [1.54, 1.807) is 28.1 Å². The van der Waals surface area contributed by atoms with E-state index in [1.807, 2.05) is 30.3 Å². The van der Waals surface area contributed by atoms with Gasteiger partial charge in [0.25, 0.3) is 0 Å². The first kappa shape index (κ1) is 18.4. The van der Waals surface area contributed by atoms with E-state index in [0.717, 1.165) is 10.2 Å². The third-order valence-corrected chi connectivity index (χ3v) is 5.42. The molecule has 2 aliphatic rings. The van der Waals surface area contributed by atoms with Gasteiger partial charge >= 0.3 is 0 Å². The summed E-state index contributed by atoms with van der Waals surface area (Å²) in [5.74, 6) is -0.139. The smallest absolute Gasteiger partial charge is 0.232 e. The summed E-state index contributed by atoms with van der Waals surface area (Å²) in [6, 6.07) is 12.9. The van der Waals surface area contributed by atoms with Gasteiger partial charge < -0.3 is 14.5 Å². The number of carbonyl (C=O) groups is 2. The molecule has 2 aliphatic heterocycles. The molecule has 142 valence electrons. The van der Waals surface area contributed by atoms with Crippen molar-refractivity contribution in [1.29, 1.82) is 5.26 Å². The summed E-state index contributed by atoms with van der Waals surface area (Å²) >= 11 is 3.41. The third-order valence-electron chi connectivity index (χ3n) is 4.92. The molecule has 1 atom stereocenters. The summed E-state index contributed by atoms with van der Waals surface area (Å²) in [5, 5.41) is 9.09. The molecule has 0 bridgehead atoms.